The Labute approximate surface area is 214 Å². The molecule has 1 heterocycles. The second-order valence-corrected chi connectivity index (χ2v) is 7.75. The van der Waals surface area contributed by atoms with Gasteiger partial charge in [-0.1, -0.05) is 30.3 Å². The molecule has 0 saturated heterocycles. The van der Waals surface area contributed by atoms with E-state index in [1.54, 1.807) is 14.2 Å². The maximum absolute atomic E-state index is 5.91. The Morgan fingerprint density at radius 3 is 2.70 bits per heavy atom. The van der Waals surface area contributed by atoms with Gasteiger partial charge in [-0.2, -0.15) is 0 Å². The van der Waals surface area contributed by atoms with Crippen LogP contribution in [-0.2, 0) is 17.7 Å². The van der Waals surface area contributed by atoms with Gasteiger partial charge in [0.1, 0.15) is 12.4 Å². The first kappa shape index (κ1) is 26.9. The lowest BCUT2D eigenvalue weighted by Crippen LogP contribution is -2.37. The zero-order chi connectivity index (χ0) is 22.6. The summed E-state index contributed by atoms with van der Waals surface area (Å²) < 4.78 is 11.0. The van der Waals surface area contributed by atoms with Crippen LogP contribution in [0.1, 0.15) is 11.1 Å². The summed E-state index contributed by atoms with van der Waals surface area (Å²) in [5.74, 6) is 1.67. The maximum atomic E-state index is 5.91. The summed E-state index contributed by atoms with van der Waals surface area (Å²) in [6, 6.07) is 16.6. The van der Waals surface area contributed by atoms with Gasteiger partial charge in [0.05, 0.1) is 6.61 Å². The van der Waals surface area contributed by atoms with Crippen molar-refractivity contribution in [2.75, 3.05) is 54.1 Å². The average molecular weight is 566 g/mol. The van der Waals surface area contributed by atoms with E-state index in [-0.39, 0.29) is 24.0 Å². The van der Waals surface area contributed by atoms with Crippen molar-refractivity contribution < 1.29 is 9.47 Å². The molecule has 0 atom stereocenters. The van der Waals surface area contributed by atoms with Crippen molar-refractivity contribution in [1.82, 2.24) is 20.5 Å². The monoisotopic (exact) mass is 565 g/mol. The molecule has 2 aromatic carbocycles. The van der Waals surface area contributed by atoms with Crippen LogP contribution in [-0.4, -0.2) is 69.9 Å². The highest BCUT2D eigenvalue weighted by atomic mass is 127. The van der Waals surface area contributed by atoms with Crippen LogP contribution < -0.4 is 15.4 Å². The molecule has 1 aromatic heterocycles. The lowest BCUT2D eigenvalue weighted by molar-refractivity contribution is 0.150. The molecule has 0 spiro atoms. The largest absolute Gasteiger partial charge is 0.492 e. The van der Waals surface area contributed by atoms with Crippen LogP contribution in [0, 0.1) is 0 Å². The quantitative estimate of drug-likeness (QED) is 0.178. The number of guanidine groups is 1. The number of methoxy groups -OCH3 is 1. The van der Waals surface area contributed by atoms with E-state index in [9.17, 15) is 0 Å². The SMILES string of the molecule is CN=C(NCCc1c[nH]c2ccccc12)NCc1cccc(OCCN(C)CCOC)c1.I. The van der Waals surface area contributed by atoms with Crippen molar-refractivity contribution in [3.8, 4) is 5.75 Å². The van der Waals surface area contributed by atoms with Gasteiger partial charge in [0.2, 0.25) is 0 Å². The van der Waals surface area contributed by atoms with Crippen molar-refractivity contribution in [2.24, 2.45) is 4.99 Å². The molecule has 0 aliphatic rings. The molecule has 7 nitrogen and oxygen atoms in total. The highest BCUT2D eigenvalue weighted by Gasteiger charge is 2.05. The van der Waals surface area contributed by atoms with E-state index in [1.165, 1.54) is 16.5 Å². The van der Waals surface area contributed by atoms with Gasteiger partial charge in [-0.15, -0.1) is 24.0 Å². The number of benzene rings is 2. The summed E-state index contributed by atoms with van der Waals surface area (Å²) in [7, 11) is 5.58. The van der Waals surface area contributed by atoms with Gasteiger partial charge in [0, 0.05) is 57.4 Å². The van der Waals surface area contributed by atoms with Crippen LogP contribution in [0.2, 0.25) is 0 Å². The molecule has 8 heteroatoms. The fourth-order valence-corrected chi connectivity index (χ4v) is 3.48. The number of H-pyrrole nitrogens is 1. The van der Waals surface area contributed by atoms with Gasteiger partial charge < -0.3 is 30.0 Å². The summed E-state index contributed by atoms with van der Waals surface area (Å²) >= 11 is 0. The molecule has 0 amide bonds. The number of para-hydroxylation sites is 1. The minimum atomic E-state index is 0. The number of aromatic nitrogens is 1. The predicted molar refractivity (Wildman–Crippen MR) is 147 cm³/mol. The summed E-state index contributed by atoms with van der Waals surface area (Å²) in [5, 5.41) is 8.06. The number of nitrogens with zero attached hydrogens (tertiary/aromatic N) is 2. The van der Waals surface area contributed by atoms with E-state index < -0.39 is 0 Å². The topological polar surface area (TPSA) is 73.9 Å². The molecule has 0 bridgehead atoms. The Morgan fingerprint density at radius 2 is 1.88 bits per heavy atom. The Bertz CT molecular complexity index is 992. The molecule has 3 N–H and O–H groups in total. The van der Waals surface area contributed by atoms with Crippen LogP contribution >= 0.6 is 24.0 Å². The number of ether oxygens (including phenoxy) is 2. The molecule has 0 saturated carbocycles. The van der Waals surface area contributed by atoms with Gasteiger partial charge in [-0.25, -0.2) is 0 Å². The molecule has 180 valence electrons. The van der Waals surface area contributed by atoms with Crippen molar-refractivity contribution in [3.63, 3.8) is 0 Å². The third-order valence-electron chi connectivity index (χ3n) is 5.36. The molecular formula is C25H36IN5O2. The smallest absolute Gasteiger partial charge is 0.191 e. The first-order chi connectivity index (χ1) is 15.7. The summed E-state index contributed by atoms with van der Waals surface area (Å²) in [6.07, 6.45) is 3.01. The Hall–Kier alpha value is -2.30. The van der Waals surface area contributed by atoms with Gasteiger partial charge in [0.15, 0.2) is 5.96 Å². The molecule has 3 aromatic rings. The second-order valence-electron chi connectivity index (χ2n) is 7.75. The summed E-state index contributed by atoms with van der Waals surface area (Å²) in [5.41, 5.74) is 3.63. The average Bonchev–Trinajstić information content (AvgIpc) is 3.23. The summed E-state index contributed by atoms with van der Waals surface area (Å²) in [6.45, 7) is 4.62. The normalized spacial score (nSPS) is 11.5. The lowest BCUT2D eigenvalue weighted by atomic mass is 10.1. The van der Waals surface area contributed by atoms with Crippen molar-refractivity contribution in [1.29, 1.82) is 0 Å². The highest BCUT2D eigenvalue weighted by Crippen LogP contribution is 2.17. The highest BCUT2D eigenvalue weighted by molar-refractivity contribution is 14.0. The minimum Gasteiger partial charge on any atom is -0.492 e. The third kappa shape index (κ3) is 8.87. The van der Waals surface area contributed by atoms with E-state index in [0.717, 1.165) is 49.9 Å². The van der Waals surface area contributed by atoms with Crippen LogP contribution in [0.15, 0.2) is 59.7 Å². The van der Waals surface area contributed by atoms with Crippen LogP contribution in [0.5, 0.6) is 5.75 Å². The second kappa shape index (κ2) is 14.8. The predicted octanol–water partition coefficient (Wildman–Crippen LogP) is 3.65. The van der Waals surface area contributed by atoms with E-state index >= 15 is 0 Å². The van der Waals surface area contributed by atoms with Gasteiger partial charge in [-0.3, -0.25) is 4.99 Å². The maximum Gasteiger partial charge on any atom is 0.191 e. The zero-order valence-corrected chi connectivity index (χ0v) is 22.1. The molecule has 33 heavy (non-hydrogen) atoms. The van der Waals surface area contributed by atoms with E-state index in [0.29, 0.717) is 13.2 Å². The number of hydrogen-bond donors (Lipinski definition) is 3. The van der Waals surface area contributed by atoms with Crippen molar-refractivity contribution in [2.45, 2.75) is 13.0 Å². The number of nitrogens with one attached hydrogen (secondary N) is 3. The number of aromatic amines is 1. The number of rotatable bonds is 12. The number of halogens is 1. The molecular weight excluding hydrogens is 529 g/mol. The van der Waals surface area contributed by atoms with Crippen LogP contribution in [0.3, 0.4) is 0 Å². The molecule has 0 aliphatic heterocycles. The Balaban J connectivity index is 0.00000385. The molecule has 0 radical (unpaired) electrons. The molecule has 0 aliphatic carbocycles. The van der Waals surface area contributed by atoms with Gasteiger partial charge >= 0.3 is 0 Å². The number of hydrogen-bond acceptors (Lipinski definition) is 4. The van der Waals surface area contributed by atoms with E-state index in [2.05, 4.69) is 69.1 Å². The minimum absolute atomic E-state index is 0. The lowest BCUT2D eigenvalue weighted by Gasteiger charge is -2.16. The number of aliphatic imine (C=N–C) groups is 1. The van der Waals surface area contributed by atoms with Crippen molar-refractivity contribution in [3.05, 3.63) is 65.9 Å². The van der Waals surface area contributed by atoms with E-state index in [1.807, 2.05) is 18.2 Å². The fourth-order valence-electron chi connectivity index (χ4n) is 3.48. The van der Waals surface area contributed by atoms with E-state index in [4.69, 9.17) is 9.47 Å². The van der Waals surface area contributed by atoms with Crippen LogP contribution in [0.25, 0.3) is 10.9 Å². The fraction of sp³-hybridized carbons (Fsp3) is 0.400. The first-order valence-electron chi connectivity index (χ1n) is 11.1. The van der Waals surface area contributed by atoms with Gasteiger partial charge in [-0.05, 0) is 42.8 Å². The third-order valence-corrected chi connectivity index (χ3v) is 5.36. The van der Waals surface area contributed by atoms with Gasteiger partial charge in [0.25, 0.3) is 0 Å². The molecule has 0 unspecified atom stereocenters. The Morgan fingerprint density at radius 1 is 1.06 bits per heavy atom. The number of likely N-dealkylation sites (N-methyl/N-ethyl adjacent to an activating group) is 1. The standard InChI is InChI=1S/C25H35N5O2.HI/c1-26-25(27-12-11-21-19-28-24-10-5-4-9-23(21)24)29-18-20-7-6-8-22(17-20)32-16-14-30(2)13-15-31-3;/h4-10,17,19,28H,11-16,18H2,1-3H3,(H2,26,27,29);1H. The van der Waals surface area contributed by atoms with Crippen molar-refractivity contribution >= 4 is 40.8 Å². The zero-order valence-electron chi connectivity index (χ0n) is 19.8. The summed E-state index contributed by atoms with van der Waals surface area (Å²) in [4.78, 5) is 9.86. The molecule has 0 fully saturated rings. The Kier molecular flexibility index (Phi) is 12.1. The molecule has 3 rings (SSSR count). The first-order valence-corrected chi connectivity index (χ1v) is 11.1. The number of fused-ring (bicyclic) bond motifs is 1. The van der Waals surface area contributed by atoms with Crippen LogP contribution in [0.4, 0.5) is 0 Å².